The maximum atomic E-state index is 12.5. The van der Waals surface area contributed by atoms with E-state index in [0.29, 0.717) is 12.1 Å². The number of carboxylic acid groups (broad SMARTS) is 1. The number of nitrogens with zero attached hydrogens (tertiary/aromatic N) is 1. The second-order valence-electron chi connectivity index (χ2n) is 6.64. The van der Waals surface area contributed by atoms with Crippen molar-refractivity contribution in [3.8, 4) is 0 Å². The maximum absolute atomic E-state index is 12.5. The molecular weight excluding hydrogens is 342 g/mol. The molecule has 0 aliphatic carbocycles. The van der Waals surface area contributed by atoms with E-state index in [1.54, 1.807) is 0 Å². The molecule has 0 radical (unpaired) electrons. The molecule has 1 aromatic rings. The average Bonchev–Trinajstić information content (AvgIpc) is 3.03. The van der Waals surface area contributed by atoms with E-state index in [2.05, 4.69) is 20.6 Å². The van der Waals surface area contributed by atoms with Crippen molar-refractivity contribution < 1.29 is 24.6 Å². The van der Waals surface area contributed by atoms with Gasteiger partial charge in [-0.2, -0.15) is 0 Å². The number of nitrogens with one attached hydrogen (secondary N) is 3. The minimum absolute atomic E-state index is 0.0676. The van der Waals surface area contributed by atoms with Gasteiger partial charge in [0.05, 0.1) is 18.5 Å². The van der Waals surface area contributed by atoms with E-state index in [0.717, 1.165) is 0 Å². The van der Waals surface area contributed by atoms with Gasteiger partial charge in [0.15, 0.2) is 6.04 Å². The van der Waals surface area contributed by atoms with Crippen LogP contribution < -0.4 is 16.4 Å². The zero-order valence-corrected chi connectivity index (χ0v) is 15.1. The second-order valence-corrected chi connectivity index (χ2v) is 6.64. The first kappa shape index (κ1) is 21.6. The fourth-order valence-corrected chi connectivity index (χ4v) is 2.36. The number of aliphatic carboxylic acids is 1. The van der Waals surface area contributed by atoms with Crippen LogP contribution >= 0.6 is 0 Å². The predicted molar refractivity (Wildman–Crippen MR) is 92.9 cm³/mol. The van der Waals surface area contributed by atoms with E-state index in [1.165, 1.54) is 19.4 Å². The highest BCUT2D eigenvalue weighted by atomic mass is 16.4. The van der Waals surface area contributed by atoms with Gasteiger partial charge >= 0.3 is 5.97 Å². The van der Waals surface area contributed by atoms with E-state index in [-0.39, 0.29) is 12.3 Å². The summed E-state index contributed by atoms with van der Waals surface area (Å²) in [6.45, 7) is 5.09. The largest absolute Gasteiger partial charge is 0.480 e. The number of aliphatic hydroxyl groups excluding tert-OH is 1. The van der Waals surface area contributed by atoms with Gasteiger partial charge in [-0.25, -0.2) is 9.78 Å². The number of nitrogens with two attached hydrogens (primary N) is 1. The molecule has 0 fully saturated rings. The molecular formula is C16H27N5O5. The van der Waals surface area contributed by atoms with E-state index in [9.17, 15) is 19.5 Å². The molecule has 2 amide bonds. The molecule has 146 valence electrons. The van der Waals surface area contributed by atoms with Gasteiger partial charge in [-0.15, -0.1) is 0 Å². The number of hydrogen-bond donors (Lipinski definition) is 6. The van der Waals surface area contributed by atoms with Crippen molar-refractivity contribution in [3.05, 3.63) is 18.2 Å². The summed E-state index contributed by atoms with van der Waals surface area (Å²) in [6, 6.07) is -3.35. The summed E-state index contributed by atoms with van der Waals surface area (Å²) in [5, 5.41) is 23.4. The highest BCUT2D eigenvalue weighted by Crippen LogP contribution is 2.05. The Balaban J connectivity index is 2.88. The van der Waals surface area contributed by atoms with E-state index >= 15 is 0 Å². The molecule has 26 heavy (non-hydrogen) atoms. The monoisotopic (exact) mass is 369 g/mol. The van der Waals surface area contributed by atoms with Crippen LogP contribution in [0.25, 0.3) is 0 Å². The van der Waals surface area contributed by atoms with Crippen LogP contribution in [0.1, 0.15) is 32.9 Å². The molecule has 1 aromatic heterocycles. The summed E-state index contributed by atoms with van der Waals surface area (Å²) in [7, 11) is 0. The normalized spacial score (nSPS) is 15.8. The molecule has 4 atom stereocenters. The van der Waals surface area contributed by atoms with Crippen molar-refractivity contribution in [2.24, 2.45) is 11.7 Å². The quantitative estimate of drug-likeness (QED) is 0.299. The summed E-state index contributed by atoms with van der Waals surface area (Å²) in [4.78, 5) is 42.6. The molecule has 1 heterocycles. The Kier molecular flexibility index (Phi) is 8.20. The number of hydrogen-bond acceptors (Lipinski definition) is 6. The van der Waals surface area contributed by atoms with Gasteiger partial charge in [0.25, 0.3) is 0 Å². The lowest BCUT2D eigenvalue weighted by molar-refractivity contribution is -0.145. The molecule has 10 nitrogen and oxygen atoms in total. The number of carboxylic acids is 1. The number of carbonyl (C=O) groups is 3. The lowest BCUT2D eigenvalue weighted by Gasteiger charge is -2.24. The van der Waals surface area contributed by atoms with Crippen LogP contribution in [0.15, 0.2) is 12.5 Å². The summed E-state index contributed by atoms with van der Waals surface area (Å²) in [5.41, 5.74) is 6.42. The molecule has 4 unspecified atom stereocenters. The molecule has 1 rings (SSSR count). The van der Waals surface area contributed by atoms with Crippen molar-refractivity contribution in [2.45, 2.75) is 57.8 Å². The Morgan fingerprint density at radius 1 is 1.23 bits per heavy atom. The van der Waals surface area contributed by atoms with Gasteiger partial charge < -0.3 is 31.6 Å². The van der Waals surface area contributed by atoms with Gasteiger partial charge in [0.2, 0.25) is 11.8 Å². The topological polar surface area (TPSA) is 170 Å². The Morgan fingerprint density at radius 2 is 1.88 bits per heavy atom. The Hall–Kier alpha value is -2.46. The zero-order valence-electron chi connectivity index (χ0n) is 15.1. The number of aromatic nitrogens is 2. The van der Waals surface area contributed by atoms with E-state index < -0.39 is 42.0 Å². The number of aliphatic hydroxyl groups is 1. The SMILES string of the molecule is CC(C)CC(N)C(=O)NC(Cc1cnc[nH]1)C(=O)NC(C(=O)O)C(C)O. The fraction of sp³-hybridized carbons (Fsp3) is 0.625. The molecule has 10 heteroatoms. The van der Waals surface area contributed by atoms with Gasteiger partial charge in [0.1, 0.15) is 6.04 Å². The predicted octanol–water partition coefficient (Wildman–Crippen LogP) is -1.24. The van der Waals surface area contributed by atoms with Crippen LogP contribution in [0.3, 0.4) is 0 Å². The third kappa shape index (κ3) is 6.81. The van der Waals surface area contributed by atoms with Crippen molar-refractivity contribution >= 4 is 17.8 Å². The van der Waals surface area contributed by atoms with E-state index in [4.69, 9.17) is 10.8 Å². The molecule has 0 saturated heterocycles. The number of imidazole rings is 1. The molecule has 0 aliphatic rings. The Labute approximate surface area is 151 Å². The third-order valence-electron chi connectivity index (χ3n) is 3.72. The summed E-state index contributed by atoms with van der Waals surface area (Å²) >= 11 is 0. The van der Waals surface area contributed by atoms with E-state index in [1.807, 2.05) is 13.8 Å². The molecule has 0 saturated carbocycles. The Bertz CT molecular complexity index is 602. The molecule has 0 spiro atoms. The summed E-state index contributed by atoms with van der Waals surface area (Å²) in [5.74, 6) is -2.43. The summed E-state index contributed by atoms with van der Waals surface area (Å²) in [6.07, 6.45) is 2.12. The first-order chi connectivity index (χ1) is 12.1. The van der Waals surface area contributed by atoms with Gasteiger partial charge in [-0.05, 0) is 19.3 Å². The minimum atomic E-state index is -1.49. The van der Waals surface area contributed by atoms with Crippen LogP contribution in [0.2, 0.25) is 0 Å². The molecule has 0 bridgehead atoms. The Morgan fingerprint density at radius 3 is 2.35 bits per heavy atom. The number of H-pyrrole nitrogens is 1. The van der Waals surface area contributed by atoms with Crippen molar-refractivity contribution in [1.29, 1.82) is 0 Å². The second kappa shape index (κ2) is 9.88. The van der Waals surface area contributed by atoms with Crippen LogP contribution in [-0.4, -0.2) is 62.2 Å². The smallest absolute Gasteiger partial charge is 0.328 e. The highest BCUT2D eigenvalue weighted by molar-refractivity contribution is 5.92. The number of carbonyl (C=O) groups excluding carboxylic acids is 2. The number of rotatable bonds is 10. The lowest BCUT2D eigenvalue weighted by Crippen LogP contribution is -2.57. The van der Waals surface area contributed by atoms with Gasteiger partial charge in [-0.1, -0.05) is 13.8 Å². The van der Waals surface area contributed by atoms with Crippen LogP contribution in [-0.2, 0) is 20.8 Å². The van der Waals surface area contributed by atoms with Crippen LogP contribution in [0.4, 0.5) is 0 Å². The minimum Gasteiger partial charge on any atom is -0.480 e. The lowest BCUT2D eigenvalue weighted by atomic mass is 10.0. The third-order valence-corrected chi connectivity index (χ3v) is 3.72. The molecule has 0 aromatic carbocycles. The molecule has 0 aliphatic heterocycles. The first-order valence-electron chi connectivity index (χ1n) is 8.36. The van der Waals surface area contributed by atoms with Crippen LogP contribution in [0, 0.1) is 5.92 Å². The van der Waals surface area contributed by atoms with Crippen molar-refractivity contribution in [2.75, 3.05) is 0 Å². The maximum Gasteiger partial charge on any atom is 0.328 e. The summed E-state index contributed by atoms with van der Waals surface area (Å²) < 4.78 is 0. The highest BCUT2D eigenvalue weighted by Gasteiger charge is 2.30. The average molecular weight is 369 g/mol. The first-order valence-corrected chi connectivity index (χ1v) is 8.36. The standard InChI is InChI=1S/C16H27N5O5/c1-8(2)4-11(17)14(23)20-12(5-10-6-18-7-19-10)15(24)21-13(9(3)22)16(25)26/h6-9,11-13,22H,4-5,17H2,1-3H3,(H,18,19)(H,20,23)(H,21,24)(H,25,26). The zero-order chi connectivity index (χ0) is 19.9. The fourth-order valence-electron chi connectivity index (χ4n) is 2.36. The van der Waals surface area contributed by atoms with Crippen molar-refractivity contribution in [3.63, 3.8) is 0 Å². The number of amides is 2. The van der Waals surface area contributed by atoms with Crippen LogP contribution in [0.5, 0.6) is 0 Å². The van der Waals surface area contributed by atoms with Gasteiger partial charge in [-0.3, -0.25) is 9.59 Å². The van der Waals surface area contributed by atoms with Gasteiger partial charge in [0, 0.05) is 18.3 Å². The number of aromatic amines is 1. The molecule has 7 N–H and O–H groups in total. The van der Waals surface area contributed by atoms with Crippen molar-refractivity contribution in [1.82, 2.24) is 20.6 Å².